The third-order valence-electron chi connectivity index (χ3n) is 5.32. The number of anilines is 1. The summed E-state index contributed by atoms with van der Waals surface area (Å²) in [6.45, 7) is 4.43. The van der Waals surface area contributed by atoms with Crippen LogP contribution in [-0.2, 0) is 16.4 Å². The molecule has 1 saturated heterocycles. The van der Waals surface area contributed by atoms with Crippen LogP contribution in [0.4, 0.5) is 5.82 Å². The van der Waals surface area contributed by atoms with Crippen LogP contribution in [0.25, 0.3) is 10.9 Å². The summed E-state index contributed by atoms with van der Waals surface area (Å²) in [6, 6.07) is 19.7. The Morgan fingerprint density at radius 1 is 0.893 bits per heavy atom. The van der Waals surface area contributed by atoms with Crippen molar-refractivity contribution >= 4 is 26.7 Å². The van der Waals surface area contributed by atoms with Crippen molar-refractivity contribution in [2.45, 2.75) is 24.7 Å². The summed E-state index contributed by atoms with van der Waals surface area (Å²) in [4.78, 5) is 6.06. The lowest BCUT2D eigenvalue weighted by Gasteiger charge is -2.30. The fourth-order valence-corrected chi connectivity index (χ4v) is 5.15. The Bertz CT molecular complexity index is 1060. The van der Waals surface area contributed by atoms with E-state index in [-0.39, 0.29) is 0 Å². The minimum Gasteiger partial charge on any atom is -0.259 e. The molecule has 2 heterocycles. The Hall–Kier alpha value is -2.44. The maximum Gasteiger partial charge on any atom is 0.274 e. The van der Waals surface area contributed by atoms with Crippen molar-refractivity contribution in [3.8, 4) is 0 Å². The number of H-pyrrole nitrogens is 1. The molecule has 2 aromatic carbocycles. The van der Waals surface area contributed by atoms with Gasteiger partial charge in [0, 0.05) is 11.5 Å². The first-order chi connectivity index (χ1) is 13.6. The molecule has 0 amide bonds. The fourth-order valence-electron chi connectivity index (χ4n) is 3.72. The molecule has 0 spiro atoms. The molecule has 0 radical (unpaired) electrons. The molecule has 0 saturated carbocycles. The summed E-state index contributed by atoms with van der Waals surface area (Å²) >= 11 is 0. The quantitative estimate of drug-likeness (QED) is 0.666. The van der Waals surface area contributed by atoms with Gasteiger partial charge in [-0.3, -0.25) is 4.90 Å². The van der Waals surface area contributed by atoms with Crippen LogP contribution < -0.4 is 9.88 Å². The van der Waals surface area contributed by atoms with Crippen molar-refractivity contribution in [2.24, 2.45) is 0 Å². The van der Waals surface area contributed by atoms with E-state index >= 15 is 0 Å². The molecule has 1 aliphatic heterocycles. The number of hydrogen-bond acceptors (Lipinski definition) is 3. The van der Waals surface area contributed by atoms with Crippen LogP contribution in [0, 0.1) is 0 Å². The topological polar surface area (TPSA) is 54.8 Å². The third kappa shape index (κ3) is 3.75. The molecule has 0 aliphatic carbocycles. The molecular formula is C22H26N3O2S+. The van der Waals surface area contributed by atoms with E-state index in [1.54, 1.807) is 16.4 Å². The average Bonchev–Trinajstić information content (AvgIpc) is 2.74. The van der Waals surface area contributed by atoms with Crippen LogP contribution in [0.2, 0.25) is 0 Å². The smallest absolute Gasteiger partial charge is 0.259 e. The van der Waals surface area contributed by atoms with E-state index in [0.29, 0.717) is 31.1 Å². The maximum atomic E-state index is 13.0. The Morgan fingerprint density at radius 3 is 2.32 bits per heavy atom. The number of benzene rings is 2. The monoisotopic (exact) mass is 396 g/mol. The van der Waals surface area contributed by atoms with Crippen LogP contribution in [0.1, 0.15) is 18.9 Å². The minimum absolute atomic E-state index is 0.387. The summed E-state index contributed by atoms with van der Waals surface area (Å²) in [7, 11) is -3.44. The number of aromatic nitrogens is 1. The van der Waals surface area contributed by atoms with E-state index in [4.69, 9.17) is 0 Å². The number of piperazine rings is 1. The van der Waals surface area contributed by atoms with Crippen molar-refractivity contribution in [3.05, 3.63) is 66.2 Å². The largest absolute Gasteiger partial charge is 0.274 e. The fraction of sp³-hybridized carbons (Fsp3) is 0.318. The number of fused-ring (bicyclic) bond motifs is 1. The predicted octanol–water partition coefficient (Wildman–Crippen LogP) is 3.12. The van der Waals surface area contributed by atoms with E-state index in [0.717, 1.165) is 24.2 Å². The van der Waals surface area contributed by atoms with E-state index in [9.17, 15) is 8.42 Å². The molecule has 1 aliphatic rings. The van der Waals surface area contributed by atoms with Crippen LogP contribution in [-0.4, -0.2) is 38.9 Å². The summed E-state index contributed by atoms with van der Waals surface area (Å²) < 4.78 is 27.5. The van der Waals surface area contributed by atoms with Gasteiger partial charge in [0.05, 0.1) is 31.1 Å². The number of nitrogens with one attached hydrogen (secondary N) is 1. The van der Waals surface area contributed by atoms with Crippen LogP contribution >= 0.6 is 0 Å². The SMILES string of the molecule is CCCc1ccc(S(=O)(=O)N2CCN(c3ccc4ccccc4[nH+]3)CC2)cc1. The van der Waals surface area contributed by atoms with Gasteiger partial charge < -0.3 is 0 Å². The number of sulfonamides is 1. The lowest BCUT2D eigenvalue weighted by Crippen LogP contribution is -2.49. The summed E-state index contributed by atoms with van der Waals surface area (Å²) in [5, 5.41) is 1.17. The summed E-state index contributed by atoms with van der Waals surface area (Å²) in [6.07, 6.45) is 2.03. The Labute approximate surface area is 166 Å². The second-order valence-corrected chi connectivity index (χ2v) is 9.15. The zero-order chi connectivity index (χ0) is 19.6. The second kappa shape index (κ2) is 7.89. The van der Waals surface area contributed by atoms with E-state index in [1.165, 1.54) is 10.9 Å². The number of hydrogen-bond donors (Lipinski definition) is 0. The van der Waals surface area contributed by atoms with Crippen molar-refractivity contribution in [3.63, 3.8) is 0 Å². The van der Waals surface area contributed by atoms with Gasteiger partial charge in [-0.1, -0.05) is 43.7 Å². The number of aryl methyl sites for hydroxylation is 1. The van der Waals surface area contributed by atoms with E-state index < -0.39 is 10.0 Å². The molecule has 146 valence electrons. The Morgan fingerprint density at radius 2 is 1.61 bits per heavy atom. The third-order valence-corrected chi connectivity index (χ3v) is 7.24. The lowest BCUT2D eigenvalue weighted by atomic mass is 10.1. The second-order valence-electron chi connectivity index (χ2n) is 7.22. The number of aromatic amines is 1. The van der Waals surface area contributed by atoms with Gasteiger partial charge in [0.15, 0.2) is 0 Å². The molecule has 28 heavy (non-hydrogen) atoms. The van der Waals surface area contributed by atoms with Crippen molar-refractivity contribution in [1.82, 2.24) is 4.31 Å². The van der Waals surface area contributed by atoms with Crippen LogP contribution in [0.15, 0.2) is 65.6 Å². The first-order valence-electron chi connectivity index (χ1n) is 9.83. The highest BCUT2D eigenvalue weighted by Crippen LogP contribution is 2.21. The van der Waals surface area contributed by atoms with Gasteiger partial charge in [-0.05, 0) is 36.2 Å². The highest BCUT2D eigenvalue weighted by Gasteiger charge is 2.31. The van der Waals surface area contributed by atoms with Crippen molar-refractivity contribution < 1.29 is 13.4 Å². The number of para-hydroxylation sites is 1. The molecule has 4 rings (SSSR count). The minimum atomic E-state index is -3.44. The number of pyridine rings is 1. The summed E-state index contributed by atoms with van der Waals surface area (Å²) in [5.74, 6) is 1.03. The van der Waals surface area contributed by atoms with Gasteiger partial charge in [-0.25, -0.2) is 13.4 Å². The first-order valence-corrected chi connectivity index (χ1v) is 11.3. The van der Waals surface area contributed by atoms with Gasteiger partial charge in [0.1, 0.15) is 5.52 Å². The molecule has 1 aromatic heterocycles. The maximum absolute atomic E-state index is 13.0. The van der Waals surface area contributed by atoms with Crippen LogP contribution in [0.5, 0.6) is 0 Å². The highest BCUT2D eigenvalue weighted by molar-refractivity contribution is 7.89. The van der Waals surface area contributed by atoms with Crippen LogP contribution in [0.3, 0.4) is 0 Å². The standard InChI is InChI=1S/C22H25N3O2S/c1-2-5-18-8-11-20(12-9-18)28(26,27)25-16-14-24(15-17-25)22-13-10-19-6-3-4-7-21(19)23-22/h3-4,6-13H,2,5,14-17H2,1H3/p+1. The Balaban J connectivity index is 1.46. The van der Waals surface area contributed by atoms with Gasteiger partial charge in [-0.2, -0.15) is 4.31 Å². The molecular weight excluding hydrogens is 370 g/mol. The van der Waals surface area contributed by atoms with Gasteiger partial charge >= 0.3 is 0 Å². The lowest BCUT2D eigenvalue weighted by molar-refractivity contribution is -0.330. The predicted molar refractivity (Wildman–Crippen MR) is 112 cm³/mol. The highest BCUT2D eigenvalue weighted by atomic mass is 32.2. The molecule has 0 atom stereocenters. The molecule has 0 unspecified atom stereocenters. The molecule has 1 fully saturated rings. The molecule has 0 bridgehead atoms. The molecule has 3 aromatic rings. The Kier molecular flexibility index (Phi) is 5.33. The first kappa shape index (κ1) is 18.9. The summed E-state index contributed by atoms with van der Waals surface area (Å²) in [5.41, 5.74) is 2.26. The zero-order valence-electron chi connectivity index (χ0n) is 16.1. The zero-order valence-corrected chi connectivity index (χ0v) is 17.0. The average molecular weight is 397 g/mol. The normalized spacial score (nSPS) is 15.8. The number of rotatable bonds is 5. The molecule has 1 N–H and O–H groups in total. The van der Waals surface area contributed by atoms with Gasteiger partial charge in [0.2, 0.25) is 10.0 Å². The van der Waals surface area contributed by atoms with Gasteiger partial charge in [-0.15, -0.1) is 0 Å². The van der Waals surface area contributed by atoms with Crippen molar-refractivity contribution in [1.29, 1.82) is 0 Å². The van der Waals surface area contributed by atoms with Crippen molar-refractivity contribution in [2.75, 3.05) is 31.1 Å². The molecule has 6 heteroatoms. The van der Waals surface area contributed by atoms with E-state index in [2.05, 4.69) is 41.1 Å². The molecule has 5 nitrogen and oxygen atoms in total. The number of nitrogens with zero attached hydrogens (tertiary/aromatic N) is 2. The van der Waals surface area contributed by atoms with E-state index in [1.807, 2.05) is 24.3 Å². The van der Waals surface area contributed by atoms with Gasteiger partial charge in [0.25, 0.3) is 5.82 Å².